The van der Waals surface area contributed by atoms with E-state index in [1.54, 1.807) is 0 Å². The molecule has 2 heterocycles. The van der Waals surface area contributed by atoms with Gasteiger partial charge in [0, 0.05) is 6.20 Å². The first-order valence-corrected chi connectivity index (χ1v) is 10.2. The normalized spacial score (nSPS) is 23.2. The van der Waals surface area contributed by atoms with Crippen LogP contribution >= 0.6 is 28.2 Å². The molecule has 1 aliphatic heterocycles. The van der Waals surface area contributed by atoms with E-state index in [0.29, 0.717) is 18.4 Å². The molecule has 1 aromatic heterocycles. The van der Waals surface area contributed by atoms with Crippen molar-refractivity contribution < 1.29 is 37.7 Å². The number of H-pyrrole nitrogens is 1. The molecule has 0 radical (unpaired) electrons. The summed E-state index contributed by atoms with van der Waals surface area (Å²) in [6.45, 7) is -0.441. The van der Waals surface area contributed by atoms with Gasteiger partial charge in [-0.05, 0) is 17.2 Å². The number of aromatic nitrogens is 2. The Labute approximate surface area is 147 Å². The summed E-state index contributed by atoms with van der Waals surface area (Å²) in [4.78, 5) is 49.5. The molecule has 1 saturated heterocycles. The van der Waals surface area contributed by atoms with Crippen LogP contribution in [0.1, 0.15) is 24.6 Å². The molecule has 3 atom stereocenters. The van der Waals surface area contributed by atoms with Crippen LogP contribution in [0.5, 0.6) is 0 Å². The van der Waals surface area contributed by atoms with Gasteiger partial charge in [0.25, 0.3) is 0 Å². The SMILES string of the molecule is C#Cc1cn(C2CCC(COP(=O)(O)O[P+](O)(O)O)O2)c(=O)[nH]c1=S. The summed E-state index contributed by atoms with van der Waals surface area (Å²) >= 11 is 4.92. The zero-order valence-electron chi connectivity index (χ0n) is 12.5. The molecule has 2 rings (SSSR count). The van der Waals surface area contributed by atoms with Crippen molar-refractivity contribution in [1.29, 1.82) is 0 Å². The van der Waals surface area contributed by atoms with Crippen molar-refractivity contribution >= 4 is 28.2 Å². The van der Waals surface area contributed by atoms with Crippen LogP contribution in [0.25, 0.3) is 0 Å². The number of phosphoric ester groups is 1. The molecule has 5 N–H and O–H groups in total. The van der Waals surface area contributed by atoms with Crippen molar-refractivity contribution in [1.82, 2.24) is 9.55 Å². The lowest BCUT2D eigenvalue weighted by Crippen LogP contribution is -2.28. The molecule has 3 unspecified atom stereocenters. The number of nitrogens with one attached hydrogen (secondary N) is 1. The minimum absolute atomic E-state index is 0.129. The fraction of sp³-hybridized carbons (Fsp3) is 0.455. The largest absolute Gasteiger partial charge is 0.577 e. The second kappa shape index (κ2) is 7.73. The van der Waals surface area contributed by atoms with Crippen LogP contribution in [0.4, 0.5) is 0 Å². The molecular weight excluding hydrogens is 398 g/mol. The third-order valence-corrected chi connectivity index (χ3v) is 5.65. The van der Waals surface area contributed by atoms with Crippen LogP contribution in [0.2, 0.25) is 0 Å². The van der Waals surface area contributed by atoms with Crippen molar-refractivity contribution in [3.05, 3.63) is 26.9 Å². The summed E-state index contributed by atoms with van der Waals surface area (Å²) in [6.07, 6.45) is 6.05. The van der Waals surface area contributed by atoms with Crippen LogP contribution < -0.4 is 5.69 Å². The Bertz CT molecular complexity index is 840. The Hall–Kier alpha value is -0.960. The van der Waals surface area contributed by atoms with Gasteiger partial charge in [0.15, 0.2) is 0 Å². The van der Waals surface area contributed by atoms with Gasteiger partial charge in [-0.15, -0.1) is 6.42 Å². The number of terminal acetylenes is 1. The highest BCUT2D eigenvalue weighted by Crippen LogP contribution is 2.62. The number of ether oxygens (including phenoxy) is 1. The predicted octanol–water partition coefficient (Wildman–Crippen LogP) is 0.353. The van der Waals surface area contributed by atoms with Crippen LogP contribution in [0, 0.1) is 17.0 Å². The smallest absolute Gasteiger partial charge is 0.352 e. The van der Waals surface area contributed by atoms with E-state index in [-0.39, 0.29) is 4.64 Å². The second-order valence-electron chi connectivity index (χ2n) is 5.00. The summed E-state index contributed by atoms with van der Waals surface area (Å²) < 4.78 is 26.6. The summed E-state index contributed by atoms with van der Waals surface area (Å²) in [7, 11) is -9.82. The lowest BCUT2D eigenvalue weighted by Gasteiger charge is -2.17. The highest BCUT2D eigenvalue weighted by atomic mass is 32.1. The summed E-state index contributed by atoms with van der Waals surface area (Å²) in [6, 6.07) is 0. The second-order valence-corrected chi connectivity index (χ2v) is 8.29. The monoisotopic (exact) mass is 413 g/mol. The fourth-order valence-electron chi connectivity index (χ4n) is 2.16. The topological polar surface area (TPSA) is 163 Å². The fourth-order valence-corrected chi connectivity index (χ4v) is 4.00. The molecule has 138 valence electrons. The van der Waals surface area contributed by atoms with Crippen molar-refractivity contribution in [3.8, 4) is 12.3 Å². The Balaban J connectivity index is 2.01. The summed E-state index contributed by atoms with van der Waals surface area (Å²) in [5.74, 6) is 2.33. The van der Waals surface area contributed by atoms with E-state index in [9.17, 15) is 14.3 Å². The van der Waals surface area contributed by atoms with Crippen molar-refractivity contribution in [2.45, 2.75) is 25.2 Å². The summed E-state index contributed by atoms with van der Waals surface area (Å²) in [5, 5.41) is 0. The van der Waals surface area contributed by atoms with Gasteiger partial charge in [0.05, 0.1) is 18.3 Å². The first-order valence-electron chi connectivity index (χ1n) is 6.74. The van der Waals surface area contributed by atoms with E-state index in [1.807, 2.05) is 0 Å². The molecule has 0 bridgehead atoms. The molecular formula is C11H15N2O9P2S+. The first kappa shape index (κ1) is 20.4. The number of phosphoric acid groups is 1. The Morgan fingerprint density at radius 1 is 1.52 bits per heavy atom. The molecule has 0 spiro atoms. The van der Waals surface area contributed by atoms with Gasteiger partial charge < -0.3 is 9.63 Å². The maximum Gasteiger partial charge on any atom is 0.577 e. The number of hydrogen-bond acceptors (Lipinski definition) is 9. The Morgan fingerprint density at radius 2 is 2.20 bits per heavy atom. The van der Waals surface area contributed by atoms with Crippen LogP contribution in [-0.4, -0.2) is 41.8 Å². The highest BCUT2D eigenvalue weighted by molar-refractivity contribution is 7.71. The van der Waals surface area contributed by atoms with Gasteiger partial charge in [-0.3, -0.25) is 14.1 Å². The van der Waals surface area contributed by atoms with E-state index >= 15 is 0 Å². The molecule has 14 heteroatoms. The van der Waals surface area contributed by atoms with Crippen LogP contribution in [-0.2, 0) is 18.1 Å². The van der Waals surface area contributed by atoms with Gasteiger partial charge in [0.2, 0.25) is 0 Å². The molecule has 1 aliphatic rings. The Morgan fingerprint density at radius 3 is 2.80 bits per heavy atom. The van der Waals surface area contributed by atoms with Crippen LogP contribution in [0.3, 0.4) is 0 Å². The average molecular weight is 413 g/mol. The van der Waals surface area contributed by atoms with E-state index in [0.717, 1.165) is 0 Å². The number of nitrogens with zero attached hydrogens (tertiary/aromatic N) is 1. The first-order chi connectivity index (χ1) is 11.5. The number of rotatable bonds is 6. The quantitative estimate of drug-likeness (QED) is 0.250. The molecule has 0 aliphatic carbocycles. The average Bonchev–Trinajstić information content (AvgIpc) is 2.92. The number of aromatic amines is 1. The van der Waals surface area contributed by atoms with Crippen molar-refractivity contribution in [2.75, 3.05) is 6.61 Å². The van der Waals surface area contributed by atoms with E-state index in [1.165, 1.54) is 10.8 Å². The summed E-state index contributed by atoms with van der Waals surface area (Å²) in [5.41, 5.74) is -0.220. The van der Waals surface area contributed by atoms with E-state index < -0.39 is 40.6 Å². The highest BCUT2D eigenvalue weighted by Gasteiger charge is 2.46. The Kier molecular flexibility index (Phi) is 6.30. The lowest BCUT2D eigenvalue weighted by atomic mass is 10.2. The minimum Gasteiger partial charge on any atom is -0.352 e. The lowest BCUT2D eigenvalue weighted by molar-refractivity contribution is -0.0246. The third-order valence-electron chi connectivity index (χ3n) is 3.15. The maximum atomic E-state index is 12.0. The molecule has 1 fully saturated rings. The van der Waals surface area contributed by atoms with Gasteiger partial charge in [-0.2, -0.15) is 14.7 Å². The third kappa shape index (κ3) is 5.77. The van der Waals surface area contributed by atoms with Gasteiger partial charge in [-0.25, -0.2) is 9.36 Å². The van der Waals surface area contributed by atoms with Gasteiger partial charge in [0.1, 0.15) is 10.9 Å². The standard InChI is InChI=1S/C11H14N2O9P2S/c1-2-7-5-13(11(14)12-10(7)25)9-4-3-8(21-9)6-20-24(18,19)22-23(15,16)17/h1,5,8-9,15-17H,3-4,6H2,(H-,12,14,18,19,25)/p+1. The van der Waals surface area contributed by atoms with Crippen LogP contribution in [0.15, 0.2) is 11.0 Å². The zero-order valence-corrected chi connectivity index (χ0v) is 15.1. The van der Waals surface area contributed by atoms with Gasteiger partial charge in [-0.1, -0.05) is 18.1 Å². The van der Waals surface area contributed by atoms with Crippen molar-refractivity contribution in [2.24, 2.45) is 0 Å². The zero-order chi connectivity index (χ0) is 18.8. The predicted molar refractivity (Wildman–Crippen MR) is 87.4 cm³/mol. The molecule has 0 aromatic carbocycles. The molecule has 25 heavy (non-hydrogen) atoms. The molecule has 1 aromatic rings. The van der Waals surface area contributed by atoms with Crippen molar-refractivity contribution in [3.63, 3.8) is 0 Å². The molecule has 11 nitrogen and oxygen atoms in total. The molecule has 0 amide bonds. The molecule has 0 saturated carbocycles. The maximum absolute atomic E-state index is 12.0. The van der Waals surface area contributed by atoms with Gasteiger partial charge >= 0.3 is 21.7 Å². The minimum atomic E-state index is -4.94. The van der Waals surface area contributed by atoms with E-state index in [2.05, 4.69) is 19.7 Å². The van der Waals surface area contributed by atoms with E-state index in [4.69, 9.17) is 38.1 Å². The number of hydrogen-bond donors (Lipinski definition) is 5.